The molecule has 0 saturated heterocycles. The minimum absolute atomic E-state index is 0.0483. The van der Waals surface area contributed by atoms with Crippen LogP contribution in [0.3, 0.4) is 0 Å². The maximum atomic E-state index is 12.1. The summed E-state index contributed by atoms with van der Waals surface area (Å²) in [5.41, 5.74) is 6.94. The number of nitrogens with two attached hydrogens (primary N) is 1. The van der Waals surface area contributed by atoms with Gasteiger partial charge in [0.2, 0.25) is 5.91 Å². The Balaban J connectivity index is 1.89. The molecule has 0 radical (unpaired) electrons. The van der Waals surface area contributed by atoms with E-state index in [1.807, 2.05) is 0 Å². The zero-order valence-electron chi connectivity index (χ0n) is 12.4. The van der Waals surface area contributed by atoms with Gasteiger partial charge in [0.05, 0.1) is 5.69 Å². The van der Waals surface area contributed by atoms with E-state index in [-0.39, 0.29) is 11.8 Å². The average molecular weight is 295 g/mol. The summed E-state index contributed by atoms with van der Waals surface area (Å²) in [4.78, 5) is 18.0. The van der Waals surface area contributed by atoms with E-state index in [1.54, 1.807) is 11.3 Å². The van der Waals surface area contributed by atoms with E-state index >= 15 is 0 Å². The van der Waals surface area contributed by atoms with Crippen molar-refractivity contribution in [2.45, 2.75) is 52.4 Å². The number of carbonyl (C=O) groups excluding carboxylic acids is 1. The lowest BCUT2D eigenvalue weighted by atomic mass is 9.94. The van der Waals surface area contributed by atoms with Crippen LogP contribution in [0.1, 0.15) is 50.1 Å². The summed E-state index contributed by atoms with van der Waals surface area (Å²) >= 11 is 1.64. The topological polar surface area (TPSA) is 68.0 Å². The fourth-order valence-electron chi connectivity index (χ4n) is 2.77. The number of nitrogens with zero attached hydrogens (tertiary/aromatic N) is 1. The molecule has 0 aromatic carbocycles. The number of nitrogens with one attached hydrogen (secondary N) is 1. The Morgan fingerprint density at radius 3 is 2.80 bits per heavy atom. The summed E-state index contributed by atoms with van der Waals surface area (Å²) in [7, 11) is 0. The van der Waals surface area contributed by atoms with Crippen molar-refractivity contribution < 1.29 is 4.79 Å². The normalized spacial score (nSPS) is 16.0. The van der Waals surface area contributed by atoms with Gasteiger partial charge in [0.25, 0.3) is 0 Å². The lowest BCUT2D eigenvalue weighted by molar-refractivity contribution is -0.117. The second-order valence-electron chi connectivity index (χ2n) is 6.08. The quantitative estimate of drug-likeness (QED) is 0.848. The van der Waals surface area contributed by atoms with Crippen LogP contribution in [0.2, 0.25) is 0 Å². The zero-order valence-corrected chi connectivity index (χ0v) is 13.3. The van der Waals surface area contributed by atoms with Crippen LogP contribution < -0.4 is 11.1 Å². The molecule has 112 valence electrons. The number of hydrogen-bond acceptors (Lipinski definition) is 4. The molecule has 20 heavy (non-hydrogen) atoms. The van der Waals surface area contributed by atoms with Gasteiger partial charge in [-0.2, -0.15) is 0 Å². The first-order valence-corrected chi connectivity index (χ1v) is 8.38. The molecule has 0 spiro atoms. The molecule has 1 aromatic heterocycles. The number of carbonyl (C=O) groups is 1. The minimum Gasteiger partial charge on any atom is -0.330 e. The molecular formula is C15H25N3OS. The first-order valence-electron chi connectivity index (χ1n) is 7.57. The van der Waals surface area contributed by atoms with Gasteiger partial charge in [0.1, 0.15) is 0 Å². The van der Waals surface area contributed by atoms with Crippen LogP contribution in [-0.4, -0.2) is 17.4 Å². The average Bonchev–Trinajstić information content (AvgIpc) is 2.79. The van der Waals surface area contributed by atoms with Gasteiger partial charge >= 0.3 is 0 Å². The highest BCUT2D eigenvalue weighted by Crippen LogP contribution is 2.29. The molecule has 0 saturated carbocycles. The van der Waals surface area contributed by atoms with Gasteiger partial charge < -0.3 is 11.1 Å². The third-order valence-electron chi connectivity index (χ3n) is 3.70. The Morgan fingerprint density at radius 2 is 2.15 bits per heavy atom. The van der Waals surface area contributed by atoms with Crippen molar-refractivity contribution >= 4 is 22.4 Å². The highest BCUT2D eigenvalue weighted by molar-refractivity contribution is 7.15. The summed E-state index contributed by atoms with van der Waals surface area (Å²) in [5, 5.41) is 3.72. The summed E-state index contributed by atoms with van der Waals surface area (Å²) < 4.78 is 0. The van der Waals surface area contributed by atoms with E-state index in [1.165, 1.54) is 23.4 Å². The fourth-order valence-corrected chi connectivity index (χ4v) is 3.83. The van der Waals surface area contributed by atoms with E-state index < -0.39 is 0 Å². The SMILES string of the molecule is CC(C)CC(CN)CC(=O)Nc1nc2c(s1)CCCC2. The van der Waals surface area contributed by atoms with E-state index in [0.29, 0.717) is 18.9 Å². The third-order valence-corrected chi connectivity index (χ3v) is 4.78. The molecule has 3 N–H and O–H groups in total. The van der Waals surface area contributed by atoms with Crippen LogP contribution in [-0.2, 0) is 17.6 Å². The molecule has 0 bridgehead atoms. The van der Waals surface area contributed by atoms with Crippen molar-refractivity contribution in [3.63, 3.8) is 0 Å². The Bertz CT molecular complexity index is 432. The molecule has 5 heteroatoms. The Labute approximate surface area is 125 Å². The number of aromatic nitrogens is 1. The number of aryl methyl sites for hydroxylation is 2. The Morgan fingerprint density at radius 1 is 1.40 bits per heavy atom. The molecule has 1 heterocycles. The van der Waals surface area contributed by atoms with Crippen LogP contribution >= 0.6 is 11.3 Å². The highest BCUT2D eigenvalue weighted by atomic mass is 32.1. The molecule has 1 aromatic rings. The second-order valence-corrected chi connectivity index (χ2v) is 7.16. The van der Waals surface area contributed by atoms with Crippen molar-refractivity contribution in [1.82, 2.24) is 4.98 Å². The fraction of sp³-hybridized carbons (Fsp3) is 0.733. The van der Waals surface area contributed by atoms with Crippen molar-refractivity contribution in [1.29, 1.82) is 0 Å². The van der Waals surface area contributed by atoms with E-state index in [4.69, 9.17) is 5.73 Å². The highest BCUT2D eigenvalue weighted by Gasteiger charge is 2.18. The van der Waals surface area contributed by atoms with Crippen LogP contribution in [0, 0.1) is 11.8 Å². The second kappa shape index (κ2) is 7.18. The van der Waals surface area contributed by atoms with Crippen LogP contribution in [0.5, 0.6) is 0 Å². The predicted molar refractivity (Wildman–Crippen MR) is 84.0 cm³/mol. The Hall–Kier alpha value is -0.940. The summed E-state index contributed by atoms with van der Waals surface area (Å²) in [6.07, 6.45) is 6.12. The minimum atomic E-state index is 0.0483. The van der Waals surface area contributed by atoms with E-state index in [2.05, 4.69) is 24.1 Å². The summed E-state index contributed by atoms with van der Waals surface area (Å²) in [6.45, 7) is 4.89. The molecule has 4 nitrogen and oxygen atoms in total. The van der Waals surface area contributed by atoms with E-state index in [9.17, 15) is 4.79 Å². The largest absolute Gasteiger partial charge is 0.330 e. The molecule has 0 aliphatic heterocycles. The third kappa shape index (κ3) is 4.28. The lowest BCUT2D eigenvalue weighted by Crippen LogP contribution is -2.23. The molecule has 1 unspecified atom stereocenters. The molecule has 1 atom stereocenters. The van der Waals surface area contributed by atoms with Crippen LogP contribution in [0.15, 0.2) is 0 Å². The number of hydrogen-bond donors (Lipinski definition) is 2. The maximum Gasteiger partial charge on any atom is 0.226 e. The lowest BCUT2D eigenvalue weighted by Gasteiger charge is -2.15. The van der Waals surface area contributed by atoms with Crippen molar-refractivity contribution in [2.75, 3.05) is 11.9 Å². The molecule has 2 rings (SSSR count). The smallest absolute Gasteiger partial charge is 0.226 e. The van der Waals surface area contributed by atoms with Gasteiger partial charge in [-0.1, -0.05) is 13.8 Å². The van der Waals surface area contributed by atoms with Gasteiger partial charge in [-0.25, -0.2) is 4.98 Å². The zero-order chi connectivity index (χ0) is 14.5. The van der Waals surface area contributed by atoms with Crippen molar-refractivity contribution in [3.05, 3.63) is 10.6 Å². The molecule has 1 aliphatic carbocycles. The number of fused-ring (bicyclic) bond motifs is 1. The summed E-state index contributed by atoms with van der Waals surface area (Å²) in [5.74, 6) is 0.889. The number of anilines is 1. The van der Waals surface area contributed by atoms with E-state index in [0.717, 1.165) is 24.4 Å². The van der Waals surface area contributed by atoms with Gasteiger partial charge in [0.15, 0.2) is 5.13 Å². The molecule has 1 amide bonds. The number of amides is 1. The van der Waals surface area contributed by atoms with Gasteiger partial charge in [-0.05, 0) is 50.5 Å². The first kappa shape index (κ1) is 15.4. The standard InChI is InChI=1S/C15H25N3OS/c1-10(2)7-11(9-16)8-14(19)18-15-17-12-5-3-4-6-13(12)20-15/h10-11H,3-9,16H2,1-2H3,(H,17,18,19). The number of rotatable bonds is 6. The molecular weight excluding hydrogens is 270 g/mol. The van der Waals surface area contributed by atoms with Gasteiger partial charge in [0, 0.05) is 11.3 Å². The van der Waals surface area contributed by atoms with Crippen LogP contribution in [0.25, 0.3) is 0 Å². The van der Waals surface area contributed by atoms with Gasteiger partial charge in [-0.15, -0.1) is 11.3 Å². The molecule has 0 fully saturated rings. The van der Waals surface area contributed by atoms with Crippen LogP contribution in [0.4, 0.5) is 5.13 Å². The van der Waals surface area contributed by atoms with Crippen molar-refractivity contribution in [2.24, 2.45) is 17.6 Å². The summed E-state index contributed by atoms with van der Waals surface area (Å²) in [6, 6.07) is 0. The van der Waals surface area contributed by atoms with Gasteiger partial charge in [-0.3, -0.25) is 4.79 Å². The predicted octanol–water partition coefficient (Wildman–Crippen LogP) is 2.97. The Kier molecular flexibility index (Phi) is 5.54. The number of thiazole rings is 1. The monoisotopic (exact) mass is 295 g/mol. The molecule has 1 aliphatic rings. The first-order chi connectivity index (χ1) is 9.58. The maximum absolute atomic E-state index is 12.1. The van der Waals surface area contributed by atoms with Crippen molar-refractivity contribution in [3.8, 4) is 0 Å².